The molecule has 2 aromatic heterocycles. The fourth-order valence-corrected chi connectivity index (χ4v) is 6.24. The Balaban J connectivity index is 0.00000370. The molecule has 0 spiro atoms. The van der Waals surface area contributed by atoms with Crippen LogP contribution in [-0.2, 0) is 10.0 Å². The largest absolute Gasteiger partial charge is 0.493 e. The van der Waals surface area contributed by atoms with Crippen LogP contribution in [0.25, 0.3) is 11.3 Å². The molecule has 3 heterocycles. The molecule has 208 valence electrons. The fourth-order valence-electron chi connectivity index (χ4n) is 5.30. The van der Waals surface area contributed by atoms with Gasteiger partial charge in [-0.05, 0) is 67.0 Å². The molecule has 1 saturated heterocycles. The highest BCUT2D eigenvalue weighted by atomic mass is 32.2. The second-order valence-corrected chi connectivity index (χ2v) is 12.3. The third-order valence-corrected chi connectivity index (χ3v) is 8.38. The summed E-state index contributed by atoms with van der Waals surface area (Å²) < 4.78 is 48.1. The number of amides is 1. The lowest BCUT2D eigenvalue weighted by molar-refractivity contribution is 0.0981. The number of hydrogen-bond donors (Lipinski definition) is 2. The minimum absolute atomic E-state index is 0. The number of rotatable bonds is 8. The molecule has 2 unspecified atom stereocenters. The minimum Gasteiger partial charge on any atom is -0.493 e. The molecule has 1 amide bonds. The van der Waals surface area contributed by atoms with Gasteiger partial charge in [-0.2, -0.15) is 8.42 Å². The summed E-state index contributed by atoms with van der Waals surface area (Å²) in [5, 5.41) is -0.355. The number of carbonyl (C=O) groups excluding carboxylic acids is 1. The van der Waals surface area contributed by atoms with E-state index in [0.717, 1.165) is 25.9 Å². The van der Waals surface area contributed by atoms with Crippen LogP contribution in [0.15, 0.2) is 53.6 Å². The predicted molar refractivity (Wildman–Crippen MR) is 148 cm³/mol. The van der Waals surface area contributed by atoms with Gasteiger partial charge in [0.1, 0.15) is 23.2 Å². The van der Waals surface area contributed by atoms with E-state index < -0.39 is 21.7 Å². The van der Waals surface area contributed by atoms with Crippen LogP contribution in [0.3, 0.4) is 0 Å². The van der Waals surface area contributed by atoms with Gasteiger partial charge in [-0.15, -0.1) is 0 Å². The highest BCUT2D eigenvalue weighted by Gasteiger charge is 2.38. The third kappa shape index (κ3) is 5.98. The molecule has 0 bridgehead atoms. The van der Waals surface area contributed by atoms with Crippen molar-refractivity contribution in [2.24, 2.45) is 17.8 Å². The van der Waals surface area contributed by atoms with E-state index in [-0.39, 0.29) is 23.8 Å². The van der Waals surface area contributed by atoms with Crippen molar-refractivity contribution < 1.29 is 23.8 Å². The minimum atomic E-state index is -4.28. The van der Waals surface area contributed by atoms with E-state index in [2.05, 4.69) is 9.71 Å². The Kier molecular flexibility index (Phi) is 7.44. The van der Waals surface area contributed by atoms with Gasteiger partial charge in [0, 0.05) is 26.1 Å². The summed E-state index contributed by atoms with van der Waals surface area (Å²) in [4.78, 5) is 24.0. The van der Waals surface area contributed by atoms with E-state index in [1.165, 1.54) is 42.8 Å². The summed E-state index contributed by atoms with van der Waals surface area (Å²) in [5.41, 5.74) is 6.69. The quantitative estimate of drug-likeness (QED) is 0.416. The molecule has 0 radical (unpaired) electrons. The molecule has 5 rings (SSSR count). The molecule has 39 heavy (non-hydrogen) atoms. The number of pyridine rings is 2. The first-order valence-electron chi connectivity index (χ1n) is 13.1. The molecule has 1 saturated carbocycles. The molecule has 2 aliphatic rings. The highest BCUT2D eigenvalue weighted by Crippen LogP contribution is 2.40. The molecule has 3 N–H and O–H groups in total. The number of carbonyl (C=O) groups is 1. The number of fused-ring (bicyclic) bond motifs is 1. The van der Waals surface area contributed by atoms with Crippen molar-refractivity contribution in [3.8, 4) is 17.0 Å². The van der Waals surface area contributed by atoms with Crippen LogP contribution in [-0.4, -0.2) is 44.0 Å². The predicted octanol–water partition coefficient (Wildman–Crippen LogP) is 4.50. The number of ether oxygens (including phenoxy) is 1. The first-order valence-corrected chi connectivity index (χ1v) is 14.6. The monoisotopic (exact) mass is 555 g/mol. The van der Waals surface area contributed by atoms with Crippen molar-refractivity contribution in [1.29, 1.82) is 0 Å². The maximum atomic E-state index is 14.5. The second-order valence-electron chi connectivity index (χ2n) is 10.6. The zero-order valence-corrected chi connectivity index (χ0v) is 22.7. The summed E-state index contributed by atoms with van der Waals surface area (Å²) in [6.45, 7) is 5.89. The lowest BCUT2D eigenvalue weighted by Crippen LogP contribution is -2.33. The molecule has 1 aromatic carbocycles. The Morgan fingerprint density at radius 2 is 1.90 bits per heavy atom. The number of nitrogens with one attached hydrogen (secondary N) is 1. The van der Waals surface area contributed by atoms with Crippen molar-refractivity contribution in [2.45, 2.75) is 38.1 Å². The Labute approximate surface area is 229 Å². The number of hydrogen-bond acceptors (Lipinski definition) is 8. The summed E-state index contributed by atoms with van der Waals surface area (Å²) in [5.74, 6) is 0.747. The number of anilines is 2. The maximum absolute atomic E-state index is 14.5. The normalized spacial score (nSPS) is 18.8. The van der Waals surface area contributed by atoms with Crippen LogP contribution in [0.5, 0.6) is 5.75 Å². The maximum Gasteiger partial charge on any atom is 0.281 e. The van der Waals surface area contributed by atoms with Gasteiger partial charge >= 0.3 is 0 Å². The average molecular weight is 556 g/mol. The molecule has 2 atom stereocenters. The van der Waals surface area contributed by atoms with Crippen LogP contribution < -0.4 is 20.1 Å². The van der Waals surface area contributed by atoms with E-state index in [4.69, 9.17) is 15.5 Å². The van der Waals surface area contributed by atoms with E-state index in [9.17, 15) is 17.6 Å². The smallest absolute Gasteiger partial charge is 0.281 e. The van der Waals surface area contributed by atoms with E-state index >= 15 is 0 Å². The number of halogens is 1. The average Bonchev–Trinajstić information content (AvgIpc) is 3.49. The van der Waals surface area contributed by atoms with E-state index in [1.54, 1.807) is 12.1 Å². The van der Waals surface area contributed by atoms with Gasteiger partial charge in [0.15, 0.2) is 5.03 Å². The van der Waals surface area contributed by atoms with E-state index in [1.807, 2.05) is 18.7 Å². The van der Waals surface area contributed by atoms with Crippen LogP contribution in [0.2, 0.25) is 0 Å². The summed E-state index contributed by atoms with van der Waals surface area (Å²) in [6.07, 6.45) is 3.40. The Bertz CT molecular complexity index is 1490. The van der Waals surface area contributed by atoms with Crippen molar-refractivity contribution in [1.82, 2.24) is 14.7 Å². The van der Waals surface area contributed by atoms with Gasteiger partial charge in [0.25, 0.3) is 15.9 Å². The fraction of sp³-hybridized carbons (Fsp3) is 0.393. The van der Waals surface area contributed by atoms with Gasteiger partial charge in [-0.25, -0.2) is 19.1 Å². The van der Waals surface area contributed by atoms with Crippen LogP contribution in [0.4, 0.5) is 16.0 Å². The third-order valence-electron chi connectivity index (χ3n) is 7.14. The first-order chi connectivity index (χ1) is 18.6. The van der Waals surface area contributed by atoms with Gasteiger partial charge in [-0.3, -0.25) is 4.79 Å². The molecular weight excluding hydrogens is 521 g/mol. The number of nitrogens with zero attached hydrogens (tertiary/aromatic N) is 3. The summed E-state index contributed by atoms with van der Waals surface area (Å²) in [6, 6.07) is 11.7. The topological polar surface area (TPSA) is 128 Å². The van der Waals surface area contributed by atoms with Gasteiger partial charge in [-0.1, -0.05) is 26.3 Å². The lowest BCUT2D eigenvalue weighted by atomic mass is 10.0. The van der Waals surface area contributed by atoms with Gasteiger partial charge < -0.3 is 15.4 Å². The van der Waals surface area contributed by atoms with Crippen molar-refractivity contribution in [2.75, 3.05) is 30.3 Å². The number of nitrogens with two attached hydrogens (primary N) is 1. The van der Waals surface area contributed by atoms with Crippen molar-refractivity contribution in [3.05, 3.63) is 59.9 Å². The molecule has 1 aliphatic heterocycles. The Morgan fingerprint density at radius 3 is 2.59 bits per heavy atom. The number of sulfonamides is 1. The Morgan fingerprint density at radius 1 is 1.15 bits per heavy atom. The molecule has 9 nitrogen and oxygen atoms in total. The van der Waals surface area contributed by atoms with E-state index in [0.29, 0.717) is 41.3 Å². The van der Waals surface area contributed by atoms with Crippen LogP contribution >= 0.6 is 0 Å². The highest BCUT2D eigenvalue weighted by molar-refractivity contribution is 7.90. The summed E-state index contributed by atoms with van der Waals surface area (Å²) in [7, 11) is -4.28. The first kappa shape index (κ1) is 26.9. The van der Waals surface area contributed by atoms with Crippen LogP contribution in [0.1, 0.15) is 44.9 Å². The number of nitrogen functional groups attached to an aromatic ring is 1. The SMILES string of the molecule is CC(C)COc1cc(F)cc(-c2ccc(C(=O)NS(=O)(=O)c3cccc(N)n3)c(N3CC4CCCC4C3)n2)c1.[HH]. The number of benzene rings is 1. The van der Waals surface area contributed by atoms with Gasteiger partial charge in [0.05, 0.1) is 17.9 Å². The molecule has 11 heteroatoms. The Hall–Kier alpha value is -3.73. The summed E-state index contributed by atoms with van der Waals surface area (Å²) >= 11 is 0. The molecular formula is C28H34FN5O4S. The molecule has 1 aliphatic carbocycles. The second kappa shape index (κ2) is 10.8. The van der Waals surface area contributed by atoms with Crippen molar-refractivity contribution >= 4 is 27.6 Å². The lowest BCUT2D eigenvalue weighted by Gasteiger charge is -2.22. The van der Waals surface area contributed by atoms with Crippen molar-refractivity contribution in [3.63, 3.8) is 0 Å². The molecule has 3 aromatic rings. The number of aromatic nitrogens is 2. The van der Waals surface area contributed by atoms with Gasteiger partial charge in [0.2, 0.25) is 0 Å². The van der Waals surface area contributed by atoms with Crippen LogP contribution in [0, 0.1) is 23.6 Å². The zero-order chi connectivity index (χ0) is 27.7. The zero-order valence-electron chi connectivity index (χ0n) is 21.9. The standard InChI is InChI=1S/C28H32FN5O4S.H2/c1-17(2)16-38-22-12-20(11-21(29)13-22)24-10-9-23(27(31-24)34-14-18-5-3-6-19(18)15-34)28(35)33-39(36,37)26-8-4-7-25(30)32-26;/h4,7-13,17-19H,3,5-6,14-16H2,1-2H3,(H2,30,32)(H,33,35);1H. The molecule has 2 fully saturated rings.